The first-order chi connectivity index (χ1) is 8.51. The van der Waals surface area contributed by atoms with E-state index in [1.165, 1.54) is 25.3 Å². The summed E-state index contributed by atoms with van der Waals surface area (Å²) in [4.78, 5) is 0.123. The topological polar surface area (TPSA) is 90.6 Å². The highest BCUT2D eigenvalue weighted by Crippen LogP contribution is 2.24. The lowest BCUT2D eigenvalue weighted by Gasteiger charge is -2.09. The molecule has 0 aliphatic heterocycles. The van der Waals surface area contributed by atoms with E-state index < -0.39 is 10.0 Å². The first-order valence-corrected chi connectivity index (χ1v) is 6.91. The van der Waals surface area contributed by atoms with Gasteiger partial charge in [-0.2, -0.15) is 0 Å². The highest BCUT2D eigenvalue weighted by Gasteiger charge is 2.14. The number of hydrogen-bond donors (Lipinski definition) is 2. The second-order valence-corrected chi connectivity index (χ2v) is 5.41. The number of benzene rings is 1. The van der Waals surface area contributed by atoms with Crippen molar-refractivity contribution < 1.29 is 17.9 Å². The third kappa shape index (κ3) is 3.86. The molecule has 0 spiro atoms. The average Bonchev–Trinajstić information content (AvgIpc) is 2.34. The summed E-state index contributed by atoms with van der Waals surface area (Å²) >= 11 is 0. The number of anilines is 1. The number of hydrogen-bond acceptors (Lipinski definition) is 5. The van der Waals surface area contributed by atoms with Crippen LogP contribution in [0.5, 0.6) is 5.75 Å². The minimum Gasteiger partial charge on any atom is -0.495 e. The number of methoxy groups -OCH3 is 2. The quantitative estimate of drug-likeness (QED) is 0.561. The van der Waals surface area contributed by atoms with Crippen LogP contribution in [0.15, 0.2) is 23.1 Å². The summed E-state index contributed by atoms with van der Waals surface area (Å²) in [6.07, 6.45) is 0.612. The molecule has 1 aromatic carbocycles. The molecule has 0 bridgehead atoms. The predicted molar refractivity (Wildman–Crippen MR) is 69.1 cm³/mol. The zero-order chi connectivity index (χ0) is 13.6. The van der Waals surface area contributed by atoms with Crippen LogP contribution in [0.2, 0.25) is 0 Å². The molecule has 0 saturated heterocycles. The second-order valence-electron chi connectivity index (χ2n) is 3.65. The molecule has 0 saturated carbocycles. The van der Waals surface area contributed by atoms with E-state index in [-0.39, 0.29) is 10.6 Å². The molecule has 102 valence electrons. The fraction of sp³-hybridized carbons (Fsp3) is 0.455. The van der Waals surface area contributed by atoms with Gasteiger partial charge in [0.15, 0.2) is 0 Å². The molecule has 1 rings (SSSR count). The van der Waals surface area contributed by atoms with E-state index in [1.54, 1.807) is 7.11 Å². The van der Waals surface area contributed by atoms with E-state index in [1.807, 2.05) is 0 Å². The number of rotatable bonds is 7. The normalized spacial score (nSPS) is 11.4. The Morgan fingerprint density at radius 2 is 2.06 bits per heavy atom. The van der Waals surface area contributed by atoms with Crippen LogP contribution in [-0.2, 0) is 14.8 Å². The van der Waals surface area contributed by atoms with Crippen molar-refractivity contribution in [2.24, 2.45) is 0 Å². The van der Waals surface area contributed by atoms with Gasteiger partial charge in [-0.1, -0.05) is 0 Å². The lowest BCUT2D eigenvalue weighted by atomic mass is 10.3. The van der Waals surface area contributed by atoms with Gasteiger partial charge in [-0.05, 0) is 24.6 Å². The molecule has 0 aliphatic rings. The largest absolute Gasteiger partial charge is 0.495 e. The van der Waals surface area contributed by atoms with Crippen molar-refractivity contribution >= 4 is 15.7 Å². The maximum Gasteiger partial charge on any atom is 0.240 e. The zero-order valence-corrected chi connectivity index (χ0v) is 11.3. The lowest BCUT2D eigenvalue weighted by Crippen LogP contribution is -2.25. The highest BCUT2D eigenvalue weighted by molar-refractivity contribution is 7.89. The fourth-order valence-corrected chi connectivity index (χ4v) is 2.50. The molecule has 3 N–H and O–H groups in total. The van der Waals surface area contributed by atoms with Gasteiger partial charge in [-0.25, -0.2) is 13.1 Å². The van der Waals surface area contributed by atoms with Crippen molar-refractivity contribution in [1.29, 1.82) is 0 Å². The molecule has 0 radical (unpaired) electrons. The van der Waals surface area contributed by atoms with Gasteiger partial charge in [0.2, 0.25) is 10.0 Å². The van der Waals surface area contributed by atoms with Crippen LogP contribution in [0.1, 0.15) is 6.42 Å². The Hall–Kier alpha value is -1.31. The molecule has 6 nitrogen and oxygen atoms in total. The number of nitrogens with two attached hydrogens (primary N) is 1. The smallest absolute Gasteiger partial charge is 0.240 e. The van der Waals surface area contributed by atoms with E-state index in [9.17, 15) is 8.42 Å². The van der Waals surface area contributed by atoms with E-state index in [0.29, 0.717) is 25.3 Å². The predicted octanol–water partition coefficient (Wildman–Crippen LogP) is 0.592. The molecule has 0 aliphatic carbocycles. The third-order valence-corrected chi connectivity index (χ3v) is 3.79. The monoisotopic (exact) mass is 274 g/mol. The lowest BCUT2D eigenvalue weighted by molar-refractivity contribution is 0.196. The summed E-state index contributed by atoms with van der Waals surface area (Å²) in [6.45, 7) is 0.829. The standard InChI is InChI=1S/C11H18N2O4S/c1-16-7-3-6-13-18(14,15)9-4-5-11(17-2)10(12)8-9/h4-5,8,13H,3,6-7,12H2,1-2H3. The van der Waals surface area contributed by atoms with E-state index in [0.717, 1.165) is 0 Å². The molecule has 0 unspecified atom stereocenters. The van der Waals surface area contributed by atoms with Crippen LogP contribution >= 0.6 is 0 Å². The van der Waals surface area contributed by atoms with Gasteiger partial charge < -0.3 is 15.2 Å². The third-order valence-electron chi connectivity index (χ3n) is 2.33. The minimum atomic E-state index is -3.53. The molecule has 0 amide bonds. The SMILES string of the molecule is COCCCNS(=O)(=O)c1ccc(OC)c(N)c1. The number of nitrogen functional groups attached to an aromatic ring is 1. The molecule has 0 heterocycles. The Morgan fingerprint density at radius 1 is 1.33 bits per heavy atom. The molecule has 1 aromatic rings. The average molecular weight is 274 g/mol. The van der Waals surface area contributed by atoms with Gasteiger partial charge in [-0.3, -0.25) is 0 Å². The molecule has 7 heteroatoms. The van der Waals surface area contributed by atoms with E-state index in [4.69, 9.17) is 15.2 Å². The van der Waals surface area contributed by atoms with Gasteiger partial charge >= 0.3 is 0 Å². The molecule has 0 atom stereocenters. The number of nitrogens with one attached hydrogen (secondary N) is 1. The highest BCUT2D eigenvalue weighted by atomic mass is 32.2. The number of ether oxygens (including phenoxy) is 2. The summed E-state index contributed by atoms with van der Waals surface area (Å²) < 4.78 is 36.1. The Kier molecular flexibility index (Phi) is 5.39. The maximum atomic E-state index is 11.9. The van der Waals surface area contributed by atoms with E-state index in [2.05, 4.69) is 4.72 Å². The fourth-order valence-electron chi connectivity index (χ4n) is 1.39. The Balaban J connectivity index is 2.76. The van der Waals surface area contributed by atoms with Crippen LogP contribution in [0.25, 0.3) is 0 Å². The first-order valence-electron chi connectivity index (χ1n) is 5.43. The minimum absolute atomic E-state index is 0.123. The van der Waals surface area contributed by atoms with Gasteiger partial charge in [0.05, 0.1) is 17.7 Å². The zero-order valence-electron chi connectivity index (χ0n) is 10.5. The molecular formula is C11H18N2O4S. The van der Waals surface area contributed by atoms with Crippen LogP contribution in [0.3, 0.4) is 0 Å². The Morgan fingerprint density at radius 3 is 2.61 bits per heavy atom. The molecule has 0 fully saturated rings. The van der Waals surface area contributed by atoms with Crippen LogP contribution in [0.4, 0.5) is 5.69 Å². The summed E-state index contributed by atoms with van der Waals surface area (Å²) in [5, 5.41) is 0. The maximum absolute atomic E-state index is 11.9. The summed E-state index contributed by atoms with van der Waals surface area (Å²) in [5.41, 5.74) is 5.96. The van der Waals surface area contributed by atoms with Gasteiger partial charge in [-0.15, -0.1) is 0 Å². The van der Waals surface area contributed by atoms with Gasteiger partial charge in [0, 0.05) is 20.3 Å². The van der Waals surface area contributed by atoms with Crippen LogP contribution < -0.4 is 15.2 Å². The van der Waals surface area contributed by atoms with Crippen molar-refractivity contribution in [2.75, 3.05) is 33.1 Å². The van der Waals surface area contributed by atoms with Crippen molar-refractivity contribution in [2.45, 2.75) is 11.3 Å². The number of sulfonamides is 1. The van der Waals surface area contributed by atoms with Crippen molar-refractivity contribution in [1.82, 2.24) is 4.72 Å². The summed E-state index contributed by atoms with van der Waals surface area (Å²) in [6, 6.07) is 4.35. The summed E-state index contributed by atoms with van der Waals surface area (Å²) in [7, 11) is -0.486. The molecule has 0 aromatic heterocycles. The van der Waals surface area contributed by atoms with Crippen molar-refractivity contribution in [3.8, 4) is 5.75 Å². The summed E-state index contributed by atoms with van der Waals surface area (Å²) in [5.74, 6) is 0.452. The Bertz CT molecular complexity index is 488. The molecule has 18 heavy (non-hydrogen) atoms. The van der Waals surface area contributed by atoms with E-state index >= 15 is 0 Å². The van der Waals surface area contributed by atoms with Gasteiger partial charge in [0.25, 0.3) is 0 Å². The van der Waals surface area contributed by atoms with Crippen LogP contribution in [0, 0.1) is 0 Å². The second kappa shape index (κ2) is 6.58. The van der Waals surface area contributed by atoms with Crippen molar-refractivity contribution in [3.05, 3.63) is 18.2 Å². The van der Waals surface area contributed by atoms with Gasteiger partial charge in [0.1, 0.15) is 5.75 Å². The molecular weight excluding hydrogens is 256 g/mol. The Labute approximate surface area is 107 Å². The van der Waals surface area contributed by atoms with Crippen LogP contribution in [-0.4, -0.2) is 35.8 Å². The van der Waals surface area contributed by atoms with Crippen molar-refractivity contribution in [3.63, 3.8) is 0 Å². The first kappa shape index (κ1) is 14.7.